The van der Waals surface area contributed by atoms with E-state index < -0.39 is 0 Å². The monoisotopic (exact) mass is 468 g/mol. The molecule has 0 radical (unpaired) electrons. The molecule has 0 bridgehead atoms. The minimum Gasteiger partial charge on any atom is -0.381 e. The number of aryl methyl sites for hydroxylation is 1. The fourth-order valence-corrected chi connectivity index (χ4v) is 5.18. The Hall–Kier alpha value is -2.37. The second-order valence-electron chi connectivity index (χ2n) is 9.26. The summed E-state index contributed by atoms with van der Waals surface area (Å²) in [7, 11) is 0. The van der Waals surface area contributed by atoms with Crippen LogP contribution in [0.1, 0.15) is 43.2 Å². The molecule has 0 aliphatic carbocycles. The van der Waals surface area contributed by atoms with Crippen LogP contribution in [0.25, 0.3) is 0 Å². The zero-order chi connectivity index (χ0) is 23.1. The van der Waals surface area contributed by atoms with Crippen molar-refractivity contribution in [1.29, 1.82) is 0 Å². The summed E-state index contributed by atoms with van der Waals surface area (Å²) in [4.78, 5) is 27.5. The van der Waals surface area contributed by atoms with Gasteiger partial charge in [-0.05, 0) is 55.4 Å². The van der Waals surface area contributed by atoms with Crippen LogP contribution < -0.4 is 5.32 Å². The zero-order valence-corrected chi connectivity index (χ0v) is 19.9. The van der Waals surface area contributed by atoms with E-state index in [4.69, 9.17) is 16.3 Å². The highest BCUT2D eigenvalue weighted by Crippen LogP contribution is 2.35. The first-order valence-corrected chi connectivity index (χ1v) is 12.4. The normalized spacial score (nSPS) is 18.6. The van der Waals surface area contributed by atoms with Crippen LogP contribution in [-0.2, 0) is 26.2 Å². The molecule has 2 aliphatic rings. The van der Waals surface area contributed by atoms with Gasteiger partial charge in [-0.1, -0.05) is 54.1 Å². The molecule has 2 heterocycles. The Kier molecular flexibility index (Phi) is 8.05. The van der Waals surface area contributed by atoms with E-state index >= 15 is 0 Å². The van der Waals surface area contributed by atoms with E-state index in [-0.39, 0.29) is 23.1 Å². The number of hydrogen-bond acceptors (Lipinski definition) is 3. The molecule has 6 heteroatoms. The van der Waals surface area contributed by atoms with Gasteiger partial charge in [-0.2, -0.15) is 0 Å². The van der Waals surface area contributed by atoms with Gasteiger partial charge in [0.15, 0.2) is 0 Å². The average Bonchev–Trinajstić information content (AvgIpc) is 2.87. The van der Waals surface area contributed by atoms with Crippen LogP contribution in [0.15, 0.2) is 54.6 Å². The third-order valence-corrected chi connectivity index (χ3v) is 7.41. The molecule has 4 rings (SSSR count). The maximum absolute atomic E-state index is 13.0. The first-order valence-electron chi connectivity index (χ1n) is 12.0. The lowest BCUT2D eigenvalue weighted by molar-refractivity contribution is -0.135. The Morgan fingerprint density at radius 1 is 1.03 bits per heavy atom. The summed E-state index contributed by atoms with van der Waals surface area (Å²) in [5.74, 6) is 0.235. The molecule has 176 valence electrons. The van der Waals surface area contributed by atoms with Gasteiger partial charge in [0.1, 0.15) is 0 Å². The van der Waals surface area contributed by atoms with Gasteiger partial charge in [0.25, 0.3) is 0 Å². The first kappa shape index (κ1) is 23.8. The average molecular weight is 469 g/mol. The van der Waals surface area contributed by atoms with Crippen LogP contribution in [0.4, 0.5) is 0 Å². The number of benzene rings is 2. The maximum atomic E-state index is 13.0. The molecule has 0 saturated carbocycles. The van der Waals surface area contributed by atoms with Crippen LogP contribution in [-0.4, -0.2) is 49.6 Å². The van der Waals surface area contributed by atoms with Crippen molar-refractivity contribution in [3.8, 4) is 0 Å². The number of halogens is 1. The fourth-order valence-electron chi connectivity index (χ4n) is 4.99. The molecule has 0 unspecified atom stereocenters. The van der Waals surface area contributed by atoms with Crippen LogP contribution in [0, 0.1) is 5.92 Å². The number of carbonyl (C=O) groups is 2. The predicted octanol–water partition coefficient (Wildman–Crippen LogP) is 4.38. The summed E-state index contributed by atoms with van der Waals surface area (Å²) in [6.45, 7) is 3.27. The number of rotatable bonds is 7. The van der Waals surface area contributed by atoms with E-state index in [9.17, 15) is 9.59 Å². The number of nitrogens with one attached hydrogen (secondary N) is 1. The van der Waals surface area contributed by atoms with Gasteiger partial charge < -0.3 is 15.0 Å². The SMILES string of the molecule is O=C(NCC1(c2cccc(Cl)c2)CCOCC1)C1CCN(C(=O)CCc2ccccc2)CC1. The third kappa shape index (κ3) is 6.15. The molecule has 2 saturated heterocycles. The van der Waals surface area contributed by atoms with E-state index in [1.165, 1.54) is 5.56 Å². The van der Waals surface area contributed by atoms with E-state index in [1.807, 2.05) is 41.3 Å². The molecule has 0 atom stereocenters. The largest absolute Gasteiger partial charge is 0.381 e. The smallest absolute Gasteiger partial charge is 0.223 e. The van der Waals surface area contributed by atoms with Crippen molar-refractivity contribution in [2.45, 2.75) is 43.9 Å². The highest BCUT2D eigenvalue weighted by atomic mass is 35.5. The van der Waals surface area contributed by atoms with E-state index in [0.717, 1.165) is 37.7 Å². The Balaban J connectivity index is 1.27. The van der Waals surface area contributed by atoms with E-state index in [1.54, 1.807) is 0 Å². The standard InChI is InChI=1S/C27H33ClN2O3/c28-24-8-4-7-23(19-24)27(13-17-33-18-14-27)20-29-26(32)22-11-15-30(16-12-22)25(31)10-9-21-5-2-1-3-6-21/h1-8,19,22H,9-18,20H2,(H,29,32). The minimum absolute atomic E-state index is 0.0422. The van der Waals surface area contributed by atoms with Crippen molar-refractivity contribution in [3.63, 3.8) is 0 Å². The lowest BCUT2D eigenvalue weighted by Gasteiger charge is -2.39. The molecule has 0 spiro atoms. The summed E-state index contributed by atoms with van der Waals surface area (Å²) in [5, 5.41) is 3.95. The molecule has 5 nitrogen and oxygen atoms in total. The molecule has 2 fully saturated rings. The molecular weight excluding hydrogens is 436 g/mol. The molecule has 33 heavy (non-hydrogen) atoms. The number of ether oxygens (including phenoxy) is 1. The summed E-state index contributed by atoms with van der Waals surface area (Å²) in [6.07, 6.45) is 4.44. The molecule has 2 amide bonds. The van der Waals surface area contributed by atoms with Crippen LogP contribution in [0.2, 0.25) is 5.02 Å². The quantitative estimate of drug-likeness (QED) is 0.656. The van der Waals surface area contributed by atoms with Crippen molar-refractivity contribution in [3.05, 3.63) is 70.7 Å². The molecule has 2 aliphatic heterocycles. The summed E-state index contributed by atoms with van der Waals surface area (Å²) in [6, 6.07) is 18.1. The summed E-state index contributed by atoms with van der Waals surface area (Å²) in [5.41, 5.74) is 2.20. The van der Waals surface area contributed by atoms with Crippen LogP contribution in [0.3, 0.4) is 0 Å². The topological polar surface area (TPSA) is 58.6 Å². The van der Waals surface area contributed by atoms with Crippen molar-refractivity contribution in [2.75, 3.05) is 32.8 Å². The first-order chi connectivity index (χ1) is 16.1. The van der Waals surface area contributed by atoms with Gasteiger partial charge >= 0.3 is 0 Å². The van der Waals surface area contributed by atoms with Gasteiger partial charge in [-0.25, -0.2) is 0 Å². The van der Waals surface area contributed by atoms with Gasteiger partial charge in [0.2, 0.25) is 11.8 Å². The van der Waals surface area contributed by atoms with Gasteiger partial charge in [0.05, 0.1) is 0 Å². The second-order valence-corrected chi connectivity index (χ2v) is 9.70. The lowest BCUT2D eigenvalue weighted by Crippen LogP contribution is -2.48. The second kappa shape index (κ2) is 11.2. The Morgan fingerprint density at radius 3 is 2.45 bits per heavy atom. The molecule has 1 N–H and O–H groups in total. The highest BCUT2D eigenvalue weighted by molar-refractivity contribution is 6.30. The van der Waals surface area contributed by atoms with E-state index in [0.29, 0.717) is 44.3 Å². The molecule has 0 aromatic heterocycles. The summed E-state index contributed by atoms with van der Waals surface area (Å²) >= 11 is 6.26. The summed E-state index contributed by atoms with van der Waals surface area (Å²) < 4.78 is 5.60. The highest BCUT2D eigenvalue weighted by Gasteiger charge is 2.36. The number of amides is 2. The number of hydrogen-bond donors (Lipinski definition) is 1. The number of likely N-dealkylation sites (tertiary alicyclic amines) is 1. The fraction of sp³-hybridized carbons (Fsp3) is 0.481. The number of nitrogens with zero attached hydrogens (tertiary/aromatic N) is 1. The van der Waals surface area contributed by atoms with Crippen LogP contribution >= 0.6 is 11.6 Å². The van der Waals surface area contributed by atoms with Crippen molar-refractivity contribution in [2.24, 2.45) is 5.92 Å². The number of piperidine rings is 1. The Bertz CT molecular complexity index is 935. The van der Waals surface area contributed by atoms with Crippen molar-refractivity contribution < 1.29 is 14.3 Å². The van der Waals surface area contributed by atoms with Crippen molar-refractivity contribution in [1.82, 2.24) is 10.2 Å². The van der Waals surface area contributed by atoms with Gasteiger partial charge in [0, 0.05) is 55.6 Å². The maximum Gasteiger partial charge on any atom is 0.223 e. The van der Waals surface area contributed by atoms with Gasteiger partial charge in [-0.15, -0.1) is 0 Å². The molecule has 2 aromatic carbocycles. The molecular formula is C27H33ClN2O3. The van der Waals surface area contributed by atoms with Crippen LogP contribution in [0.5, 0.6) is 0 Å². The lowest BCUT2D eigenvalue weighted by atomic mass is 9.74. The predicted molar refractivity (Wildman–Crippen MR) is 130 cm³/mol. The van der Waals surface area contributed by atoms with Crippen molar-refractivity contribution >= 4 is 23.4 Å². The number of carbonyl (C=O) groups excluding carboxylic acids is 2. The zero-order valence-electron chi connectivity index (χ0n) is 19.1. The minimum atomic E-state index is -0.146. The molecule has 2 aromatic rings. The third-order valence-electron chi connectivity index (χ3n) is 7.18. The van der Waals surface area contributed by atoms with Gasteiger partial charge in [-0.3, -0.25) is 9.59 Å². The Labute approximate surface area is 201 Å². The van der Waals surface area contributed by atoms with E-state index in [2.05, 4.69) is 23.5 Å². The Morgan fingerprint density at radius 2 is 1.76 bits per heavy atom.